The average molecular weight is 791 g/mol. The third kappa shape index (κ3) is 42.7. The number of hydrogen-bond donors (Lipinski definition) is 1. The van der Waals surface area contributed by atoms with Gasteiger partial charge in [0.1, 0.15) is 19.3 Å². The lowest BCUT2D eigenvalue weighted by Crippen LogP contribution is -2.37. The molecule has 316 valence electrons. The lowest BCUT2D eigenvalue weighted by atomic mass is 10.1. The molecule has 2 atom stereocenters. The summed E-state index contributed by atoms with van der Waals surface area (Å²) in [7, 11) is 1.62. The normalized spacial score (nSPS) is 14.7. The number of allylic oxidation sites excluding steroid dienone is 14. The molecule has 0 amide bonds. The third-order valence-corrected chi connectivity index (χ3v) is 9.46. The van der Waals surface area contributed by atoms with Gasteiger partial charge in [0.25, 0.3) is 0 Å². The Morgan fingerprint density at radius 2 is 1.04 bits per heavy atom. The van der Waals surface area contributed by atoms with Gasteiger partial charge in [0, 0.05) is 13.0 Å². The number of nitrogens with zero attached hydrogens (tertiary/aromatic N) is 1. The first-order valence-electron chi connectivity index (χ1n) is 21.3. The first-order valence-corrected chi connectivity index (χ1v) is 22.8. The molecule has 0 rings (SSSR count). The van der Waals surface area contributed by atoms with Crippen LogP contribution in [0.25, 0.3) is 0 Å². The summed E-state index contributed by atoms with van der Waals surface area (Å²) in [5.74, 6) is -0.375. The van der Waals surface area contributed by atoms with Crippen molar-refractivity contribution >= 4 is 13.8 Å². The quantitative estimate of drug-likeness (QED) is 0.0219. The molecule has 0 aromatic rings. The molecule has 0 aliphatic carbocycles. The number of carbonyl (C=O) groups is 1. The maximum atomic E-state index is 12.6. The zero-order valence-corrected chi connectivity index (χ0v) is 36.5. The summed E-state index contributed by atoms with van der Waals surface area (Å²) < 4.78 is 34.8. The number of unbranched alkanes of at least 4 members (excludes halogenated alkanes) is 10. The summed E-state index contributed by atoms with van der Waals surface area (Å²) >= 11 is 0. The second-order valence-electron chi connectivity index (χ2n) is 15.0. The van der Waals surface area contributed by atoms with Crippen LogP contribution < -0.4 is 0 Å². The van der Waals surface area contributed by atoms with E-state index in [1.807, 2.05) is 21.1 Å². The van der Waals surface area contributed by atoms with Gasteiger partial charge in [-0.2, -0.15) is 0 Å². The molecule has 0 aromatic carbocycles. The molecule has 0 radical (unpaired) electrons. The van der Waals surface area contributed by atoms with E-state index < -0.39 is 13.9 Å². The number of phosphoric ester groups is 1. The fraction of sp³-hybridized carbons (Fsp3) is 0.674. The molecule has 0 aliphatic heterocycles. The monoisotopic (exact) mass is 791 g/mol. The summed E-state index contributed by atoms with van der Waals surface area (Å²) in [6.45, 7) is 5.39. The van der Waals surface area contributed by atoms with Crippen molar-refractivity contribution in [2.75, 3.05) is 54.1 Å². The van der Waals surface area contributed by atoms with Crippen molar-refractivity contribution in [2.24, 2.45) is 0 Å². The van der Waals surface area contributed by atoms with Crippen LogP contribution in [0.2, 0.25) is 0 Å². The van der Waals surface area contributed by atoms with E-state index in [1.54, 1.807) is 0 Å². The Balaban J connectivity index is 4.34. The Kier molecular flexibility index (Phi) is 36.9. The van der Waals surface area contributed by atoms with Crippen molar-refractivity contribution in [3.63, 3.8) is 0 Å². The lowest BCUT2D eigenvalue weighted by molar-refractivity contribution is -0.870. The van der Waals surface area contributed by atoms with Gasteiger partial charge in [0.05, 0.1) is 34.4 Å². The van der Waals surface area contributed by atoms with Crippen molar-refractivity contribution in [3.05, 3.63) is 85.1 Å². The van der Waals surface area contributed by atoms with E-state index in [0.717, 1.165) is 64.2 Å². The maximum Gasteiger partial charge on any atom is 0.472 e. The Hall–Kier alpha value is -2.32. The van der Waals surface area contributed by atoms with E-state index in [0.29, 0.717) is 24.1 Å². The van der Waals surface area contributed by atoms with Gasteiger partial charge in [-0.1, -0.05) is 157 Å². The molecule has 0 heterocycles. The van der Waals surface area contributed by atoms with Crippen LogP contribution in [-0.4, -0.2) is 75.6 Å². The minimum Gasteiger partial charge on any atom is -0.457 e. The van der Waals surface area contributed by atoms with E-state index >= 15 is 0 Å². The van der Waals surface area contributed by atoms with Crippen LogP contribution in [0.1, 0.15) is 142 Å². The van der Waals surface area contributed by atoms with Crippen LogP contribution in [-0.2, 0) is 27.9 Å². The zero-order valence-electron chi connectivity index (χ0n) is 35.6. The SMILES string of the molecule is CC/C=C\C/C=C\C/C=C\C/C=C\C/C=C\C/C=C\C/C=C\CCCC(=O)OC(COCCCCCCCCCCCC)COP(=O)(O)OCC[N+](C)(C)C. The van der Waals surface area contributed by atoms with Gasteiger partial charge >= 0.3 is 13.8 Å². The minimum atomic E-state index is -4.29. The lowest BCUT2D eigenvalue weighted by Gasteiger charge is -2.24. The Morgan fingerprint density at radius 1 is 0.582 bits per heavy atom. The first-order chi connectivity index (χ1) is 26.6. The predicted octanol–water partition coefficient (Wildman–Crippen LogP) is 12.5. The highest BCUT2D eigenvalue weighted by Crippen LogP contribution is 2.43. The van der Waals surface area contributed by atoms with Crippen LogP contribution in [0, 0.1) is 0 Å². The number of esters is 1. The highest BCUT2D eigenvalue weighted by atomic mass is 31.2. The first kappa shape index (κ1) is 52.7. The predicted molar refractivity (Wildman–Crippen MR) is 233 cm³/mol. The van der Waals surface area contributed by atoms with E-state index in [2.05, 4.69) is 98.9 Å². The third-order valence-electron chi connectivity index (χ3n) is 8.47. The van der Waals surface area contributed by atoms with Gasteiger partial charge in [-0.3, -0.25) is 13.8 Å². The molecule has 2 unspecified atom stereocenters. The summed E-state index contributed by atoms with van der Waals surface area (Å²) in [6, 6.07) is 0. The number of likely N-dealkylation sites (N-methyl/N-ethyl adjacent to an activating group) is 1. The molecule has 0 fully saturated rings. The van der Waals surface area contributed by atoms with Crippen LogP contribution >= 0.6 is 7.82 Å². The molecule has 0 aliphatic rings. The van der Waals surface area contributed by atoms with Gasteiger partial charge in [-0.15, -0.1) is 0 Å². The van der Waals surface area contributed by atoms with Crippen molar-refractivity contribution in [2.45, 2.75) is 148 Å². The van der Waals surface area contributed by atoms with E-state index in [1.165, 1.54) is 51.4 Å². The molecular weight excluding hydrogens is 709 g/mol. The molecule has 0 spiro atoms. The summed E-state index contributed by atoms with van der Waals surface area (Å²) in [6.07, 6.45) is 50.5. The summed E-state index contributed by atoms with van der Waals surface area (Å²) in [5, 5.41) is 0. The number of ether oxygens (including phenoxy) is 2. The molecule has 0 saturated carbocycles. The summed E-state index contributed by atoms with van der Waals surface area (Å²) in [4.78, 5) is 22.8. The van der Waals surface area contributed by atoms with E-state index in [9.17, 15) is 14.3 Å². The molecule has 0 bridgehead atoms. The van der Waals surface area contributed by atoms with Crippen LogP contribution in [0.5, 0.6) is 0 Å². The van der Waals surface area contributed by atoms with E-state index in [4.69, 9.17) is 18.5 Å². The number of quaternary nitrogens is 1. The second kappa shape index (κ2) is 38.5. The topological polar surface area (TPSA) is 91.3 Å². The number of carbonyl (C=O) groups excluding carboxylic acids is 1. The molecule has 9 heteroatoms. The summed E-state index contributed by atoms with van der Waals surface area (Å²) in [5.41, 5.74) is 0. The van der Waals surface area contributed by atoms with Crippen LogP contribution in [0.3, 0.4) is 0 Å². The van der Waals surface area contributed by atoms with Gasteiger partial charge in [-0.25, -0.2) is 4.57 Å². The molecule has 8 nitrogen and oxygen atoms in total. The van der Waals surface area contributed by atoms with Gasteiger partial charge in [0.2, 0.25) is 0 Å². The Bertz CT molecular complexity index is 1150. The highest BCUT2D eigenvalue weighted by molar-refractivity contribution is 7.47. The van der Waals surface area contributed by atoms with Crippen LogP contribution in [0.4, 0.5) is 0 Å². The van der Waals surface area contributed by atoms with Gasteiger partial charge in [0.15, 0.2) is 0 Å². The molecule has 0 saturated heterocycles. The maximum absolute atomic E-state index is 12.6. The Morgan fingerprint density at radius 3 is 1.51 bits per heavy atom. The molecular formula is C46H81NO7P+. The molecule has 55 heavy (non-hydrogen) atoms. The standard InChI is InChI=1S/C46H80NO7P/c1-6-8-10-12-14-16-18-19-20-21-22-23-24-25-26-27-28-29-30-31-33-35-37-39-46(48)54-45(44-53-55(49,50)52-42-40-47(3,4)5)43-51-41-38-36-34-32-17-15-13-11-9-7-2/h8,10,14,16,19-20,22-23,25-26,28-29,31,33,45H,6-7,9,11-13,15,17-18,21,24,27,30,32,34-44H2,1-5H3/p+1/b10-8-,16-14-,20-19-,23-22-,26-25-,29-28-,33-31-. The minimum absolute atomic E-state index is 0.0740. The number of phosphoric acid groups is 1. The molecule has 1 N–H and O–H groups in total. The van der Waals surface area contributed by atoms with E-state index in [-0.39, 0.29) is 32.2 Å². The largest absolute Gasteiger partial charge is 0.472 e. The number of rotatable bonds is 38. The van der Waals surface area contributed by atoms with Crippen molar-refractivity contribution in [3.8, 4) is 0 Å². The fourth-order valence-electron chi connectivity index (χ4n) is 5.19. The van der Waals surface area contributed by atoms with Crippen LogP contribution in [0.15, 0.2) is 85.1 Å². The van der Waals surface area contributed by atoms with Gasteiger partial charge < -0.3 is 18.9 Å². The second-order valence-corrected chi connectivity index (χ2v) is 16.4. The number of hydrogen-bond acceptors (Lipinski definition) is 6. The highest BCUT2D eigenvalue weighted by Gasteiger charge is 2.26. The molecule has 0 aromatic heterocycles. The Labute approximate surface area is 337 Å². The fourth-order valence-corrected chi connectivity index (χ4v) is 5.93. The van der Waals surface area contributed by atoms with Gasteiger partial charge in [-0.05, 0) is 64.2 Å². The average Bonchev–Trinajstić information content (AvgIpc) is 3.13. The zero-order chi connectivity index (χ0) is 40.6. The van der Waals surface area contributed by atoms with Crippen molar-refractivity contribution < 1.29 is 37.3 Å². The van der Waals surface area contributed by atoms with Crippen molar-refractivity contribution in [1.82, 2.24) is 0 Å². The van der Waals surface area contributed by atoms with Crippen molar-refractivity contribution in [1.29, 1.82) is 0 Å². The smallest absolute Gasteiger partial charge is 0.457 e.